The standard InChI is InChI=1S/C24H47N3O5/c1-23(2,3)10-13-28-14-15-29-16-17-30-18-19-31-21-22-20-27(26-25-22)11-8-7-9-12-32-24(4,5)6/h20H,7-19,21H2,1-6H3. The molecule has 32 heavy (non-hydrogen) atoms. The van der Waals surface area contributed by atoms with Crippen LogP contribution in [0.3, 0.4) is 0 Å². The van der Waals surface area contributed by atoms with Gasteiger partial charge in [0.25, 0.3) is 0 Å². The van der Waals surface area contributed by atoms with Crippen LogP contribution in [0.2, 0.25) is 0 Å². The third kappa shape index (κ3) is 18.5. The Morgan fingerprint density at radius 1 is 0.719 bits per heavy atom. The zero-order chi connectivity index (χ0) is 23.7. The molecule has 0 aliphatic carbocycles. The van der Waals surface area contributed by atoms with Gasteiger partial charge in [-0.3, -0.25) is 4.68 Å². The Kier molecular flexibility index (Phi) is 15.0. The second-order valence-corrected chi connectivity index (χ2v) is 10.2. The predicted octanol–water partition coefficient (Wildman–Crippen LogP) is 4.27. The number of ether oxygens (including phenoxy) is 5. The summed E-state index contributed by atoms with van der Waals surface area (Å²) in [4.78, 5) is 0. The first-order chi connectivity index (χ1) is 15.2. The summed E-state index contributed by atoms with van der Waals surface area (Å²) in [5.41, 5.74) is 1.10. The molecule has 0 atom stereocenters. The summed E-state index contributed by atoms with van der Waals surface area (Å²) in [7, 11) is 0. The number of aromatic nitrogens is 3. The minimum absolute atomic E-state index is 0.0549. The van der Waals surface area contributed by atoms with E-state index >= 15 is 0 Å². The number of hydrogen-bond donors (Lipinski definition) is 0. The zero-order valence-electron chi connectivity index (χ0n) is 21.4. The van der Waals surface area contributed by atoms with E-state index in [1.807, 2.05) is 10.9 Å². The first-order valence-electron chi connectivity index (χ1n) is 12.0. The third-order valence-electron chi connectivity index (χ3n) is 4.52. The molecular formula is C24H47N3O5. The Morgan fingerprint density at radius 2 is 1.31 bits per heavy atom. The van der Waals surface area contributed by atoms with Crippen LogP contribution in [0, 0.1) is 5.41 Å². The van der Waals surface area contributed by atoms with Gasteiger partial charge < -0.3 is 23.7 Å². The van der Waals surface area contributed by atoms with Crippen molar-refractivity contribution >= 4 is 0 Å². The summed E-state index contributed by atoms with van der Waals surface area (Å²) in [6.07, 6.45) is 6.26. The molecule has 0 saturated heterocycles. The van der Waals surface area contributed by atoms with Gasteiger partial charge in [0, 0.05) is 19.8 Å². The Bertz CT molecular complexity index is 567. The van der Waals surface area contributed by atoms with Gasteiger partial charge in [0.05, 0.1) is 58.0 Å². The normalized spacial score (nSPS) is 12.6. The van der Waals surface area contributed by atoms with Gasteiger partial charge in [0.1, 0.15) is 5.69 Å². The molecule has 0 radical (unpaired) electrons. The topological polar surface area (TPSA) is 76.9 Å². The molecule has 1 aromatic rings. The smallest absolute Gasteiger partial charge is 0.108 e. The van der Waals surface area contributed by atoms with Crippen LogP contribution >= 0.6 is 0 Å². The van der Waals surface area contributed by atoms with Crippen molar-refractivity contribution < 1.29 is 23.7 Å². The van der Waals surface area contributed by atoms with E-state index in [1.165, 1.54) is 0 Å². The van der Waals surface area contributed by atoms with E-state index in [2.05, 4.69) is 51.9 Å². The van der Waals surface area contributed by atoms with Crippen molar-refractivity contribution in [2.45, 2.75) is 86.0 Å². The molecule has 0 spiro atoms. The molecule has 0 fully saturated rings. The first kappa shape index (κ1) is 29.0. The lowest BCUT2D eigenvalue weighted by Crippen LogP contribution is -2.19. The Morgan fingerprint density at radius 3 is 1.91 bits per heavy atom. The highest BCUT2D eigenvalue weighted by atomic mass is 16.6. The van der Waals surface area contributed by atoms with E-state index in [1.54, 1.807) is 0 Å². The van der Waals surface area contributed by atoms with Gasteiger partial charge in [-0.1, -0.05) is 26.0 Å². The van der Waals surface area contributed by atoms with Crippen LogP contribution in [-0.2, 0) is 36.8 Å². The molecule has 0 amide bonds. The molecule has 1 rings (SSSR count). The summed E-state index contributed by atoms with van der Waals surface area (Å²) >= 11 is 0. The summed E-state index contributed by atoms with van der Waals surface area (Å²) in [6, 6.07) is 0. The Balaban J connectivity index is 1.88. The van der Waals surface area contributed by atoms with Crippen molar-refractivity contribution in [1.29, 1.82) is 0 Å². The predicted molar refractivity (Wildman–Crippen MR) is 126 cm³/mol. The number of rotatable bonds is 19. The molecule has 1 aromatic heterocycles. The average Bonchev–Trinajstić information content (AvgIpc) is 3.14. The molecule has 0 aliphatic rings. The van der Waals surface area contributed by atoms with Gasteiger partial charge >= 0.3 is 0 Å². The van der Waals surface area contributed by atoms with Crippen molar-refractivity contribution in [2.24, 2.45) is 5.41 Å². The highest BCUT2D eigenvalue weighted by molar-refractivity contribution is 4.89. The van der Waals surface area contributed by atoms with Gasteiger partial charge in [-0.2, -0.15) is 0 Å². The largest absolute Gasteiger partial charge is 0.379 e. The van der Waals surface area contributed by atoms with Gasteiger partial charge in [0.15, 0.2) is 0 Å². The van der Waals surface area contributed by atoms with Gasteiger partial charge in [-0.15, -0.1) is 5.10 Å². The highest BCUT2D eigenvalue weighted by Gasteiger charge is 2.09. The van der Waals surface area contributed by atoms with E-state index in [4.69, 9.17) is 23.7 Å². The molecule has 8 nitrogen and oxygen atoms in total. The van der Waals surface area contributed by atoms with E-state index in [0.717, 1.165) is 51.1 Å². The average molecular weight is 458 g/mol. The molecule has 0 unspecified atom stereocenters. The van der Waals surface area contributed by atoms with Crippen LogP contribution in [0.5, 0.6) is 0 Å². The van der Waals surface area contributed by atoms with Crippen LogP contribution in [0.15, 0.2) is 6.20 Å². The van der Waals surface area contributed by atoms with Crippen molar-refractivity contribution in [2.75, 3.05) is 52.9 Å². The second-order valence-electron chi connectivity index (χ2n) is 10.2. The number of hydrogen-bond acceptors (Lipinski definition) is 7. The number of nitrogens with zero attached hydrogens (tertiary/aromatic N) is 3. The van der Waals surface area contributed by atoms with Crippen molar-refractivity contribution in [3.8, 4) is 0 Å². The lowest BCUT2D eigenvalue weighted by Gasteiger charge is -2.19. The monoisotopic (exact) mass is 457 g/mol. The Labute approximate surface area is 195 Å². The maximum absolute atomic E-state index is 5.73. The molecule has 1 heterocycles. The van der Waals surface area contributed by atoms with Gasteiger partial charge in [-0.25, -0.2) is 0 Å². The fourth-order valence-electron chi connectivity index (χ4n) is 2.66. The second kappa shape index (κ2) is 16.5. The number of aryl methyl sites for hydroxylation is 1. The molecule has 0 aromatic carbocycles. The highest BCUT2D eigenvalue weighted by Crippen LogP contribution is 2.17. The summed E-state index contributed by atoms with van der Waals surface area (Å²) in [5.74, 6) is 0. The van der Waals surface area contributed by atoms with Crippen LogP contribution in [0.25, 0.3) is 0 Å². The number of unbranched alkanes of at least 4 members (excludes halogenated alkanes) is 2. The fraction of sp³-hybridized carbons (Fsp3) is 0.917. The van der Waals surface area contributed by atoms with Crippen LogP contribution in [0.4, 0.5) is 0 Å². The Hall–Kier alpha value is -1.06. The van der Waals surface area contributed by atoms with Crippen molar-refractivity contribution in [3.63, 3.8) is 0 Å². The molecule has 0 aliphatic heterocycles. The minimum Gasteiger partial charge on any atom is -0.379 e. The minimum atomic E-state index is -0.0549. The maximum atomic E-state index is 5.73. The molecule has 0 saturated carbocycles. The van der Waals surface area contributed by atoms with E-state index in [9.17, 15) is 0 Å². The third-order valence-corrected chi connectivity index (χ3v) is 4.52. The zero-order valence-corrected chi connectivity index (χ0v) is 21.4. The summed E-state index contributed by atoms with van der Waals surface area (Å²) in [5, 5.41) is 8.31. The van der Waals surface area contributed by atoms with Crippen LogP contribution in [-0.4, -0.2) is 73.4 Å². The molecule has 188 valence electrons. The molecule has 8 heteroatoms. The van der Waals surface area contributed by atoms with Crippen molar-refractivity contribution in [1.82, 2.24) is 15.0 Å². The molecule has 0 N–H and O–H groups in total. The summed E-state index contributed by atoms with van der Waals surface area (Å²) < 4.78 is 29.8. The molecule has 0 bridgehead atoms. The van der Waals surface area contributed by atoms with E-state index < -0.39 is 0 Å². The lowest BCUT2D eigenvalue weighted by molar-refractivity contribution is -0.00642. The van der Waals surface area contributed by atoms with Gasteiger partial charge in [-0.05, 0) is 51.9 Å². The SMILES string of the molecule is CC(C)(C)CCOCCOCCOCCOCc1cn(CCCCCOC(C)(C)C)nn1. The van der Waals surface area contributed by atoms with E-state index in [-0.39, 0.29) is 5.60 Å². The fourth-order valence-corrected chi connectivity index (χ4v) is 2.66. The quantitative estimate of drug-likeness (QED) is 0.287. The maximum Gasteiger partial charge on any atom is 0.108 e. The van der Waals surface area contributed by atoms with Crippen LogP contribution in [0.1, 0.15) is 72.9 Å². The molecular weight excluding hydrogens is 410 g/mol. The van der Waals surface area contributed by atoms with Gasteiger partial charge in [0.2, 0.25) is 0 Å². The van der Waals surface area contributed by atoms with Crippen LogP contribution < -0.4 is 0 Å². The first-order valence-corrected chi connectivity index (χ1v) is 12.0. The van der Waals surface area contributed by atoms with E-state index in [0.29, 0.717) is 51.7 Å². The lowest BCUT2D eigenvalue weighted by atomic mass is 9.93. The summed E-state index contributed by atoms with van der Waals surface area (Å²) in [6.45, 7) is 19.2. The van der Waals surface area contributed by atoms with Crippen molar-refractivity contribution in [3.05, 3.63) is 11.9 Å².